The highest BCUT2D eigenvalue weighted by Crippen LogP contribution is 2.35. The fourth-order valence-electron chi connectivity index (χ4n) is 3.61. The van der Waals surface area contributed by atoms with Crippen LogP contribution in [0.1, 0.15) is 50.2 Å². The molecule has 1 aliphatic carbocycles. The van der Waals surface area contributed by atoms with Gasteiger partial charge >= 0.3 is 0 Å². The molecule has 1 aromatic rings. The molecule has 0 aliphatic heterocycles. The summed E-state index contributed by atoms with van der Waals surface area (Å²) in [5.74, 6) is 1.88. The molecule has 0 bridgehead atoms. The molecule has 0 radical (unpaired) electrons. The molecule has 1 aliphatic rings. The minimum absolute atomic E-state index is 0.292. The molecule has 21 heavy (non-hydrogen) atoms. The highest BCUT2D eigenvalue weighted by Gasteiger charge is 2.33. The summed E-state index contributed by atoms with van der Waals surface area (Å²) in [4.78, 5) is 0. The quantitative estimate of drug-likeness (QED) is 0.869. The minimum atomic E-state index is -0.800. The molecule has 3 heteroatoms. The zero-order valence-electron chi connectivity index (χ0n) is 13.4. The SMILES string of the molecule is CCCC1CCC(CN)C(S(=O)Cc2cccc(C)c2)C1. The zero-order chi connectivity index (χ0) is 15.2. The van der Waals surface area contributed by atoms with E-state index < -0.39 is 10.8 Å². The third-order valence-electron chi connectivity index (χ3n) is 4.77. The highest BCUT2D eigenvalue weighted by atomic mass is 32.2. The second-order valence-electron chi connectivity index (χ2n) is 6.52. The molecule has 2 rings (SSSR count). The van der Waals surface area contributed by atoms with Crippen LogP contribution in [0.15, 0.2) is 24.3 Å². The molecule has 118 valence electrons. The number of nitrogens with two attached hydrogens (primary N) is 1. The topological polar surface area (TPSA) is 43.1 Å². The van der Waals surface area contributed by atoms with Crippen molar-refractivity contribution in [3.8, 4) is 0 Å². The molecule has 2 nitrogen and oxygen atoms in total. The molecule has 4 unspecified atom stereocenters. The smallest absolute Gasteiger partial charge is 0.0488 e. The fourth-order valence-corrected chi connectivity index (χ4v) is 5.50. The van der Waals surface area contributed by atoms with Crippen LogP contribution >= 0.6 is 0 Å². The molecule has 0 amide bonds. The number of rotatable bonds is 6. The van der Waals surface area contributed by atoms with Crippen LogP contribution in [0.5, 0.6) is 0 Å². The van der Waals surface area contributed by atoms with Crippen molar-refractivity contribution >= 4 is 10.8 Å². The predicted octanol–water partition coefficient (Wildman–Crippen LogP) is 3.79. The standard InChI is InChI=1S/C18H29NOS/c1-3-5-15-8-9-17(12-19)18(11-15)21(20)13-16-7-4-6-14(2)10-16/h4,6-7,10,15,17-18H,3,5,8-9,11-13,19H2,1-2H3. The van der Waals surface area contributed by atoms with Crippen molar-refractivity contribution in [2.45, 2.75) is 57.0 Å². The van der Waals surface area contributed by atoms with Gasteiger partial charge in [0.15, 0.2) is 0 Å². The summed E-state index contributed by atoms with van der Waals surface area (Å²) in [6, 6.07) is 8.40. The number of hydrogen-bond acceptors (Lipinski definition) is 2. The Labute approximate surface area is 132 Å². The normalized spacial score (nSPS) is 27.5. The van der Waals surface area contributed by atoms with E-state index in [2.05, 4.69) is 38.1 Å². The van der Waals surface area contributed by atoms with E-state index in [9.17, 15) is 4.21 Å². The number of aryl methyl sites for hydroxylation is 1. The Balaban J connectivity index is 2.03. The maximum absolute atomic E-state index is 12.9. The lowest BCUT2D eigenvalue weighted by molar-refractivity contribution is 0.272. The number of benzene rings is 1. The van der Waals surface area contributed by atoms with E-state index in [4.69, 9.17) is 5.73 Å². The van der Waals surface area contributed by atoms with E-state index in [1.807, 2.05) is 0 Å². The van der Waals surface area contributed by atoms with Gasteiger partial charge in [-0.2, -0.15) is 0 Å². The van der Waals surface area contributed by atoms with Crippen LogP contribution in [-0.2, 0) is 16.6 Å². The van der Waals surface area contributed by atoms with Crippen LogP contribution in [-0.4, -0.2) is 16.0 Å². The monoisotopic (exact) mass is 307 g/mol. The van der Waals surface area contributed by atoms with E-state index in [1.54, 1.807) is 0 Å². The fraction of sp³-hybridized carbons (Fsp3) is 0.667. The second kappa shape index (κ2) is 8.09. The van der Waals surface area contributed by atoms with Gasteiger partial charge in [-0.25, -0.2) is 0 Å². The molecular formula is C18H29NOS. The maximum atomic E-state index is 12.9. The summed E-state index contributed by atoms with van der Waals surface area (Å²) < 4.78 is 12.9. The van der Waals surface area contributed by atoms with Crippen molar-refractivity contribution in [3.05, 3.63) is 35.4 Å². The zero-order valence-corrected chi connectivity index (χ0v) is 14.2. The first kappa shape index (κ1) is 16.7. The Kier molecular flexibility index (Phi) is 6.43. The first-order valence-electron chi connectivity index (χ1n) is 8.26. The molecular weight excluding hydrogens is 278 g/mol. The van der Waals surface area contributed by atoms with E-state index in [1.165, 1.54) is 30.4 Å². The Hall–Kier alpha value is -0.670. The van der Waals surface area contributed by atoms with Crippen LogP contribution in [0.2, 0.25) is 0 Å². The molecule has 4 atom stereocenters. The van der Waals surface area contributed by atoms with Crippen LogP contribution in [0.3, 0.4) is 0 Å². The molecule has 0 saturated heterocycles. The average Bonchev–Trinajstić information content (AvgIpc) is 2.47. The molecule has 2 N–H and O–H groups in total. The second-order valence-corrected chi connectivity index (χ2v) is 8.17. The Morgan fingerprint density at radius 1 is 1.33 bits per heavy atom. The summed E-state index contributed by atoms with van der Waals surface area (Å²) >= 11 is 0. The molecule has 1 fully saturated rings. The third kappa shape index (κ3) is 4.65. The number of hydrogen-bond donors (Lipinski definition) is 1. The molecule has 0 aromatic heterocycles. The molecule has 1 saturated carbocycles. The highest BCUT2D eigenvalue weighted by molar-refractivity contribution is 7.84. The summed E-state index contributed by atoms with van der Waals surface area (Å²) in [6.45, 7) is 5.02. The van der Waals surface area contributed by atoms with E-state index in [0.717, 1.165) is 18.8 Å². The van der Waals surface area contributed by atoms with Gasteiger partial charge in [-0.05, 0) is 43.7 Å². The van der Waals surface area contributed by atoms with Gasteiger partial charge in [0.05, 0.1) is 0 Å². The van der Waals surface area contributed by atoms with Crippen molar-refractivity contribution < 1.29 is 4.21 Å². The summed E-state index contributed by atoms with van der Waals surface area (Å²) in [5, 5.41) is 0.292. The van der Waals surface area contributed by atoms with E-state index in [0.29, 0.717) is 23.5 Å². The first-order chi connectivity index (χ1) is 10.1. The Morgan fingerprint density at radius 2 is 2.14 bits per heavy atom. The largest absolute Gasteiger partial charge is 0.330 e. The minimum Gasteiger partial charge on any atom is -0.330 e. The Morgan fingerprint density at radius 3 is 2.81 bits per heavy atom. The maximum Gasteiger partial charge on any atom is 0.0488 e. The van der Waals surface area contributed by atoms with E-state index in [-0.39, 0.29) is 0 Å². The van der Waals surface area contributed by atoms with Crippen LogP contribution < -0.4 is 5.73 Å². The third-order valence-corrected chi connectivity index (χ3v) is 6.64. The van der Waals surface area contributed by atoms with Gasteiger partial charge in [-0.1, -0.05) is 56.0 Å². The lowest BCUT2D eigenvalue weighted by Gasteiger charge is -2.35. The van der Waals surface area contributed by atoms with Crippen LogP contribution in [0.4, 0.5) is 0 Å². The lowest BCUT2D eigenvalue weighted by Crippen LogP contribution is -2.37. The van der Waals surface area contributed by atoms with Gasteiger partial charge in [0.25, 0.3) is 0 Å². The molecule has 1 aromatic carbocycles. The van der Waals surface area contributed by atoms with Gasteiger partial charge in [0.1, 0.15) is 0 Å². The van der Waals surface area contributed by atoms with Crippen LogP contribution in [0, 0.1) is 18.8 Å². The molecule has 0 spiro atoms. The predicted molar refractivity (Wildman–Crippen MR) is 91.6 cm³/mol. The van der Waals surface area contributed by atoms with Crippen molar-refractivity contribution in [1.82, 2.24) is 0 Å². The summed E-state index contributed by atoms with van der Waals surface area (Å²) in [6.07, 6.45) is 6.04. The van der Waals surface area contributed by atoms with Gasteiger partial charge in [0.2, 0.25) is 0 Å². The average molecular weight is 308 g/mol. The van der Waals surface area contributed by atoms with Crippen molar-refractivity contribution in [2.24, 2.45) is 17.6 Å². The summed E-state index contributed by atoms with van der Waals surface area (Å²) in [5.41, 5.74) is 8.37. The molecule has 0 heterocycles. The van der Waals surface area contributed by atoms with Crippen molar-refractivity contribution in [2.75, 3.05) is 6.54 Å². The van der Waals surface area contributed by atoms with Crippen LogP contribution in [0.25, 0.3) is 0 Å². The van der Waals surface area contributed by atoms with Crippen molar-refractivity contribution in [1.29, 1.82) is 0 Å². The lowest BCUT2D eigenvalue weighted by atomic mass is 9.80. The Bertz CT molecular complexity index is 474. The van der Waals surface area contributed by atoms with E-state index >= 15 is 0 Å². The van der Waals surface area contributed by atoms with Gasteiger partial charge < -0.3 is 5.73 Å². The first-order valence-corrected chi connectivity index (χ1v) is 9.65. The van der Waals surface area contributed by atoms with Gasteiger partial charge in [-0.3, -0.25) is 4.21 Å². The van der Waals surface area contributed by atoms with Gasteiger partial charge in [0, 0.05) is 21.8 Å². The summed E-state index contributed by atoms with van der Waals surface area (Å²) in [7, 11) is -0.800. The van der Waals surface area contributed by atoms with Gasteiger partial charge in [-0.15, -0.1) is 0 Å². The van der Waals surface area contributed by atoms with Crippen molar-refractivity contribution in [3.63, 3.8) is 0 Å².